The first-order chi connectivity index (χ1) is 18.0. The fourth-order valence-corrected chi connectivity index (χ4v) is 2.46. The van der Waals surface area contributed by atoms with Crippen LogP contribution in [0.4, 0.5) is 0 Å². The summed E-state index contributed by atoms with van der Waals surface area (Å²) in [6.07, 6.45) is 0. The molecule has 0 aromatic heterocycles. The summed E-state index contributed by atoms with van der Waals surface area (Å²) in [5.41, 5.74) is -0.505. The molecule has 0 aromatic carbocycles. The Labute approximate surface area is 222 Å². The topological polar surface area (TPSA) is 121 Å². The normalized spacial score (nSPS) is 11.8. The molecule has 0 amide bonds. The third kappa shape index (κ3) is 33.0. The molecule has 1 N–H and O–H groups in total. The average Bonchev–Trinajstić information content (AvgIpc) is 2.84. The first-order valence-corrected chi connectivity index (χ1v) is 13.0. The van der Waals surface area contributed by atoms with Crippen molar-refractivity contribution in [1.82, 2.24) is 5.32 Å². The van der Waals surface area contributed by atoms with Crippen molar-refractivity contribution in [2.45, 2.75) is 26.4 Å². The van der Waals surface area contributed by atoms with Crippen LogP contribution >= 0.6 is 0 Å². The van der Waals surface area contributed by atoms with E-state index in [-0.39, 0.29) is 12.6 Å². The molecule has 0 rings (SSSR count). The van der Waals surface area contributed by atoms with E-state index in [1.54, 1.807) is 0 Å². The van der Waals surface area contributed by atoms with Crippen molar-refractivity contribution in [2.24, 2.45) is 0 Å². The summed E-state index contributed by atoms with van der Waals surface area (Å²) >= 11 is 0. The van der Waals surface area contributed by atoms with E-state index in [1.807, 2.05) is 27.8 Å². The zero-order valence-electron chi connectivity index (χ0n) is 23.4. The third-order valence-electron chi connectivity index (χ3n) is 4.11. The number of likely N-dealkylation sites (N-methyl/N-ethyl adjacent to an activating group) is 1. The number of carbonyl (C=O) groups is 1. The third-order valence-corrected chi connectivity index (χ3v) is 4.11. The second kappa shape index (κ2) is 28.1. The van der Waals surface area contributed by atoms with Crippen LogP contribution in [0.5, 0.6) is 0 Å². The number of ether oxygens (including phenoxy) is 10. The standard InChI is InChI=1S/C25H51NO11/c1-25(2,3)37-24(27)23-36-22-21-35-20-19-34-18-17-33-16-15-32-14-13-31-12-11-30-10-9-29-8-7-28-6-5-26-4/h26H,5-23H2,1-4H3. The van der Waals surface area contributed by atoms with Gasteiger partial charge in [0.05, 0.1) is 112 Å². The summed E-state index contributed by atoms with van der Waals surface area (Å²) < 4.78 is 53.6. The van der Waals surface area contributed by atoms with E-state index in [4.69, 9.17) is 47.4 Å². The van der Waals surface area contributed by atoms with Gasteiger partial charge in [-0.15, -0.1) is 0 Å². The zero-order valence-corrected chi connectivity index (χ0v) is 23.4. The Hall–Kier alpha value is -0.930. The molecule has 37 heavy (non-hydrogen) atoms. The molecular formula is C25H51NO11. The highest BCUT2D eigenvalue weighted by Gasteiger charge is 2.15. The molecule has 0 fully saturated rings. The van der Waals surface area contributed by atoms with Crippen molar-refractivity contribution in [1.29, 1.82) is 0 Å². The van der Waals surface area contributed by atoms with Crippen molar-refractivity contribution >= 4 is 5.97 Å². The van der Waals surface area contributed by atoms with Gasteiger partial charge < -0.3 is 52.7 Å². The molecule has 12 nitrogen and oxygen atoms in total. The van der Waals surface area contributed by atoms with Gasteiger partial charge in [-0.25, -0.2) is 4.79 Å². The van der Waals surface area contributed by atoms with Crippen LogP contribution in [0, 0.1) is 0 Å². The summed E-state index contributed by atoms with van der Waals surface area (Å²) in [5, 5.41) is 3.01. The molecular weight excluding hydrogens is 490 g/mol. The summed E-state index contributed by atoms with van der Waals surface area (Å²) in [6, 6.07) is 0. The molecule has 0 bridgehead atoms. The molecule has 0 heterocycles. The molecule has 0 saturated heterocycles. The van der Waals surface area contributed by atoms with Gasteiger partial charge in [-0.3, -0.25) is 0 Å². The van der Waals surface area contributed by atoms with Gasteiger partial charge in [-0.2, -0.15) is 0 Å². The molecule has 0 aliphatic carbocycles. The molecule has 0 spiro atoms. The number of hydrogen-bond acceptors (Lipinski definition) is 12. The lowest BCUT2D eigenvalue weighted by Crippen LogP contribution is -2.27. The van der Waals surface area contributed by atoms with E-state index in [9.17, 15) is 4.79 Å². The highest BCUT2D eigenvalue weighted by atomic mass is 16.6. The van der Waals surface area contributed by atoms with Crippen LogP contribution in [0.15, 0.2) is 0 Å². The number of hydrogen-bond donors (Lipinski definition) is 1. The predicted octanol–water partition coefficient (Wildman–Crippen LogP) is 0.697. The molecule has 0 aromatic rings. The summed E-state index contributed by atoms with van der Waals surface area (Å²) in [5.74, 6) is -0.383. The van der Waals surface area contributed by atoms with Crippen molar-refractivity contribution in [3.05, 3.63) is 0 Å². The van der Waals surface area contributed by atoms with Gasteiger partial charge in [0.15, 0.2) is 0 Å². The number of carbonyl (C=O) groups excluding carboxylic acids is 1. The second-order valence-electron chi connectivity index (χ2n) is 8.64. The van der Waals surface area contributed by atoms with Crippen LogP contribution in [0.1, 0.15) is 20.8 Å². The lowest BCUT2D eigenvalue weighted by atomic mass is 10.2. The highest BCUT2D eigenvalue weighted by Crippen LogP contribution is 2.06. The van der Waals surface area contributed by atoms with Crippen LogP contribution in [0.2, 0.25) is 0 Å². The Morgan fingerprint density at radius 1 is 0.486 bits per heavy atom. The fraction of sp³-hybridized carbons (Fsp3) is 0.960. The van der Waals surface area contributed by atoms with Crippen LogP contribution in [-0.4, -0.2) is 144 Å². The van der Waals surface area contributed by atoms with Crippen molar-refractivity contribution in [2.75, 3.05) is 133 Å². The largest absolute Gasteiger partial charge is 0.458 e. The molecule has 12 heteroatoms. The van der Waals surface area contributed by atoms with E-state index in [1.165, 1.54) is 0 Å². The van der Waals surface area contributed by atoms with E-state index in [0.29, 0.717) is 112 Å². The second-order valence-corrected chi connectivity index (χ2v) is 8.64. The Morgan fingerprint density at radius 2 is 0.757 bits per heavy atom. The maximum Gasteiger partial charge on any atom is 0.332 e. The summed E-state index contributed by atoms with van der Waals surface area (Å²) in [6.45, 7) is 14.8. The fourth-order valence-electron chi connectivity index (χ4n) is 2.46. The minimum Gasteiger partial charge on any atom is -0.458 e. The predicted molar refractivity (Wildman–Crippen MR) is 137 cm³/mol. The smallest absolute Gasteiger partial charge is 0.332 e. The van der Waals surface area contributed by atoms with Crippen LogP contribution in [0.25, 0.3) is 0 Å². The quantitative estimate of drug-likeness (QED) is 0.106. The Kier molecular flexibility index (Phi) is 27.4. The molecule has 0 aliphatic heterocycles. The van der Waals surface area contributed by atoms with E-state index in [2.05, 4.69) is 5.32 Å². The molecule has 0 unspecified atom stereocenters. The van der Waals surface area contributed by atoms with Crippen LogP contribution in [0.3, 0.4) is 0 Å². The first-order valence-electron chi connectivity index (χ1n) is 13.0. The molecule has 0 atom stereocenters. The van der Waals surface area contributed by atoms with Crippen molar-refractivity contribution in [3.63, 3.8) is 0 Å². The van der Waals surface area contributed by atoms with Gasteiger partial charge in [-0.05, 0) is 27.8 Å². The van der Waals surface area contributed by atoms with Crippen molar-refractivity contribution < 1.29 is 52.2 Å². The lowest BCUT2D eigenvalue weighted by molar-refractivity contribution is -0.160. The van der Waals surface area contributed by atoms with Gasteiger partial charge >= 0.3 is 5.97 Å². The highest BCUT2D eigenvalue weighted by molar-refractivity contribution is 5.71. The molecule has 0 aliphatic rings. The summed E-state index contributed by atoms with van der Waals surface area (Å²) in [7, 11) is 1.89. The maximum absolute atomic E-state index is 11.5. The molecule has 222 valence electrons. The van der Waals surface area contributed by atoms with Gasteiger partial charge in [0.1, 0.15) is 12.2 Å². The minimum absolute atomic E-state index is 0.0778. The van der Waals surface area contributed by atoms with Crippen LogP contribution < -0.4 is 5.32 Å². The maximum atomic E-state index is 11.5. The first kappa shape index (κ1) is 36.1. The van der Waals surface area contributed by atoms with E-state index >= 15 is 0 Å². The number of rotatable bonds is 29. The number of nitrogens with one attached hydrogen (secondary N) is 1. The Morgan fingerprint density at radius 3 is 1.03 bits per heavy atom. The number of esters is 1. The monoisotopic (exact) mass is 541 g/mol. The van der Waals surface area contributed by atoms with Gasteiger partial charge in [0.2, 0.25) is 0 Å². The van der Waals surface area contributed by atoms with E-state index < -0.39 is 5.60 Å². The van der Waals surface area contributed by atoms with Crippen LogP contribution in [-0.2, 0) is 52.2 Å². The SMILES string of the molecule is CNCCOCCOCCOCCOCCOCCOCCOCCOCCOCC(=O)OC(C)(C)C. The van der Waals surface area contributed by atoms with Gasteiger partial charge in [0, 0.05) is 6.54 Å². The molecule has 0 radical (unpaired) electrons. The Balaban J connectivity index is 3.09. The lowest BCUT2D eigenvalue weighted by Gasteiger charge is -2.19. The average molecular weight is 542 g/mol. The zero-order chi connectivity index (χ0) is 27.3. The Bertz CT molecular complexity index is 478. The summed E-state index contributed by atoms with van der Waals surface area (Å²) in [4.78, 5) is 11.5. The van der Waals surface area contributed by atoms with Gasteiger partial charge in [-0.1, -0.05) is 0 Å². The minimum atomic E-state index is -0.505. The molecule has 0 saturated carbocycles. The van der Waals surface area contributed by atoms with Crippen molar-refractivity contribution in [3.8, 4) is 0 Å². The van der Waals surface area contributed by atoms with E-state index in [0.717, 1.165) is 6.54 Å². The van der Waals surface area contributed by atoms with Gasteiger partial charge in [0.25, 0.3) is 0 Å².